The first kappa shape index (κ1) is 15.9. The Hall–Kier alpha value is -2.56. The van der Waals surface area contributed by atoms with E-state index in [1.54, 1.807) is 0 Å². The van der Waals surface area contributed by atoms with Crippen molar-refractivity contribution in [2.45, 2.75) is 39.2 Å². The topological polar surface area (TPSA) is 56.8 Å². The summed E-state index contributed by atoms with van der Waals surface area (Å²) >= 11 is 0. The summed E-state index contributed by atoms with van der Waals surface area (Å²) in [5, 5.41) is 4.73. The molecule has 130 valence electrons. The molecule has 3 heterocycles. The molecule has 1 aliphatic heterocycles. The van der Waals surface area contributed by atoms with E-state index >= 15 is 0 Å². The molecule has 2 N–H and O–H groups in total. The van der Waals surface area contributed by atoms with Crippen LogP contribution in [0.5, 0.6) is 0 Å². The van der Waals surface area contributed by atoms with Crippen LogP contribution in [0.1, 0.15) is 43.5 Å². The van der Waals surface area contributed by atoms with E-state index in [2.05, 4.69) is 65.4 Å². The van der Waals surface area contributed by atoms with Crippen LogP contribution in [-0.2, 0) is 0 Å². The average molecular weight is 335 g/mol. The van der Waals surface area contributed by atoms with Gasteiger partial charge in [0.2, 0.25) is 5.95 Å². The molecule has 1 fully saturated rings. The maximum absolute atomic E-state index is 4.89. The second-order valence-corrected chi connectivity index (χ2v) is 6.80. The molecular formula is C20H25N5. The molecule has 1 aliphatic rings. The van der Waals surface area contributed by atoms with Gasteiger partial charge in [-0.15, -0.1) is 0 Å². The van der Waals surface area contributed by atoms with Crippen LogP contribution in [0.3, 0.4) is 0 Å². The van der Waals surface area contributed by atoms with Gasteiger partial charge in [-0.3, -0.25) is 0 Å². The number of aromatic nitrogens is 3. The van der Waals surface area contributed by atoms with Gasteiger partial charge in [0.15, 0.2) is 0 Å². The van der Waals surface area contributed by atoms with Gasteiger partial charge in [-0.25, -0.2) is 0 Å². The van der Waals surface area contributed by atoms with Crippen molar-refractivity contribution < 1.29 is 0 Å². The zero-order chi connectivity index (χ0) is 17.2. The van der Waals surface area contributed by atoms with Crippen LogP contribution in [0.25, 0.3) is 11.0 Å². The lowest BCUT2D eigenvalue weighted by Gasteiger charge is -2.21. The number of nitrogens with zero attached hydrogens (tertiary/aromatic N) is 3. The third-order valence-electron chi connectivity index (χ3n) is 4.92. The second-order valence-electron chi connectivity index (χ2n) is 6.80. The van der Waals surface area contributed by atoms with Crippen molar-refractivity contribution in [2.75, 3.05) is 23.3 Å². The maximum Gasteiger partial charge on any atom is 0.229 e. The third-order valence-corrected chi connectivity index (χ3v) is 4.92. The Labute approximate surface area is 148 Å². The molecule has 5 nitrogen and oxygen atoms in total. The first-order chi connectivity index (χ1) is 12.2. The number of H-pyrrole nitrogens is 1. The molecule has 0 amide bonds. The molecular weight excluding hydrogens is 310 g/mol. The fraction of sp³-hybridized carbons (Fsp3) is 0.400. The van der Waals surface area contributed by atoms with Crippen LogP contribution in [0.4, 0.5) is 11.8 Å². The molecule has 0 radical (unpaired) electrons. The van der Waals surface area contributed by atoms with Gasteiger partial charge >= 0.3 is 0 Å². The molecule has 0 spiro atoms. The van der Waals surface area contributed by atoms with Gasteiger partial charge in [-0.1, -0.05) is 37.3 Å². The highest BCUT2D eigenvalue weighted by Gasteiger charge is 2.20. The van der Waals surface area contributed by atoms with Gasteiger partial charge in [0, 0.05) is 18.8 Å². The standard InChI is InChI=1S/C20H25N5/c1-3-17(15-9-5-4-6-10-15)22-19-16-13-14(2)21-18(16)23-20(24-19)25-11-7-8-12-25/h4-6,9-10,13,17H,3,7-8,11-12H2,1-2H3,(H2,21,22,23,24). The molecule has 3 aromatic rings. The van der Waals surface area contributed by atoms with Crippen LogP contribution in [0, 0.1) is 6.92 Å². The molecule has 0 saturated carbocycles. The molecule has 25 heavy (non-hydrogen) atoms. The van der Waals surface area contributed by atoms with Gasteiger partial charge < -0.3 is 15.2 Å². The minimum Gasteiger partial charge on any atom is -0.363 e. The Kier molecular flexibility index (Phi) is 4.30. The van der Waals surface area contributed by atoms with Gasteiger partial charge in [0.25, 0.3) is 0 Å². The first-order valence-electron chi connectivity index (χ1n) is 9.18. The number of aromatic amines is 1. The monoisotopic (exact) mass is 335 g/mol. The summed E-state index contributed by atoms with van der Waals surface area (Å²) in [7, 11) is 0. The summed E-state index contributed by atoms with van der Waals surface area (Å²) in [5.41, 5.74) is 3.31. The fourth-order valence-corrected chi connectivity index (χ4v) is 3.57. The predicted octanol–water partition coefficient (Wildman–Crippen LogP) is 4.43. The van der Waals surface area contributed by atoms with Gasteiger partial charge in [0.05, 0.1) is 11.4 Å². The van der Waals surface area contributed by atoms with Crippen molar-refractivity contribution >= 4 is 22.8 Å². The number of fused-ring (bicyclic) bond motifs is 1. The van der Waals surface area contributed by atoms with Crippen molar-refractivity contribution in [2.24, 2.45) is 0 Å². The van der Waals surface area contributed by atoms with Crippen molar-refractivity contribution in [1.82, 2.24) is 15.0 Å². The number of benzene rings is 1. The number of anilines is 2. The van der Waals surface area contributed by atoms with Crippen molar-refractivity contribution in [3.8, 4) is 0 Å². The predicted molar refractivity (Wildman–Crippen MR) is 103 cm³/mol. The van der Waals surface area contributed by atoms with E-state index in [1.807, 2.05) is 0 Å². The van der Waals surface area contributed by atoms with Crippen LogP contribution in [0.2, 0.25) is 0 Å². The lowest BCUT2D eigenvalue weighted by atomic mass is 10.0. The summed E-state index contributed by atoms with van der Waals surface area (Å²) in [5.74, 6) is 1.75. The van der Waals surface area contributed by atoms with Crippen LogP contribution in [-0.4, -0.2) is 28.0 Å². The van der Waals surface area contributed by atoms with E-state index in [4.69, 9.17) is 9.97 Å². The molecule has 4 rings (SSSR count). The van der Waals surface area contributed by atoms with E-state index in [-0.39, 0.29) is 6.04 Å². The fourth-order valence-electron chi connectivity index (χ4n) is 3.57. The lowest BCUT2D eigenvalue weighted by molar-refractivity contribution is 0.744. The molecule has 0 aliphatic carbocycles. The SMILES string of the molecule is CCC(Nc1nc(N2CCCC2)nc2[nH]c(C)cc12)c1ccccc1. The van der Waals surface area contributed by atoms with Crippen molar-refractivity contribution in [3.63, 3.8) is 0 Å². The molecule has 1 aromatic carbocycles. The zero-order valence-corrected chi connectivity index (χ0v) is 14.9. The lowest BCUT2D eigenvalue weighted by Crippen LogP contribution is -2.21. The molecule has 0 bridgehead atoms. The normalized spacial score (nSPS) is 15.7. The zero-order valence-electron chi connectivity index (χ0n) is 14.9. The average Bonchev–Trinajstić information content (AvgIpc) is 3.29. The molecule has 2 aromatic heterocycles. The highest BCUT2D eigenvalue weighted by atomic mass is 15.3. The van der Waals surface area contributed by atoms with E-state index in [0.29, 0.717) is 0 Å². The number of aryl methyl sites for hydroxylation is 1. The first-order valence-corrected chi connectivity index (χ1v) is 9.18. The van der Waals surface area contributed by atoms with E-state index in [0.717, 1.165) is 48.0 Å². The minimum atomic E-state index is 0.237. The summed E-state index contributed by atoms with van der Waals surface area (Å²) in [6.07, 6.45) is 3.43. The third kappa shape index (κ3) is 3.18. The highest BCUT2D eigenvalue weighted by Crippen LogP contribution is 2.29. The van der Waals surface area contributed by atoms with Crippen LogP contribution in [0.15, 0.2) is 36.4 Å². The Morgan fingerprint density at radius 2 is 1.92 bits per heavy atom. The number of hydrogen-bond donors (Lipinski definition) is 2. The highest BCUT2D eigenvalue weighted by molar-refractivity contribution is 5.89. The summed E-state index contributed by atoms with van der Waals surface area (Å²) in [4.78, 5) is 15.3. The van der Waals surface area contributed by atoms with E-state index < -0.39 is 0 Å². The number of nitrogens with one attached hydrogen (secondary N) is 2. The summed E-state index contributed by atoms with van der Waals surface area (Å²) in [6, 6.07) is 12.9. The Bertz CT molecular complexity index is 849. The quantitative estimate of drug-likeness (QED) is 0.724. The number of rotatable bonds is 5. The second kappa shape index (κ2) is 6.75. The Morgan fingerprint density at radius 3 is 2.64 bits per heavy atom. The minimum absolute atomic E-state index is 0.237. The Morgan fingerprint density at radius 1 is 1.16 bits per heavy atom. The van der Waals surface area contributed by atoms with Gasteiger partial charge in [-0.2, -0.15) is 9.97 Å². The van der Waals surface area contributed by atoms with E-state index in [9.17, 15) is 0 Å². The van der Waals surface area contributed by atoms with Crippen LogP contribution < -0.4 is 10.2 Å². The smallest absolute Gasteiger partial charge is 0.229 e. The molecule has 5 heteroatoms. The van der Waals surface area contributed by atoms with Crippen LogP contribution >= 0.6 is 0 Å². The molecule has 1 unspecified atom stereocenters. The molecule has 1 atom stereocenters. The largest absolute Gasteiger partial charge is 0.363 e. The van der Waals surface area contributed by atoms with Crippen molar-refractivity contribution in [1.29, 1.82) is 0 Å². The molecule has 1 saturated heterocycles. The van der Waals surface area contributed by atoms with Gasteiger partial charge in [-0.05, 0) is 37.8 Å². The van der Waals surface area contributed by atoms with E-state index in [1.165, 1.54) is 18.4 Å². The maximum atomic E-state index is 4.89. The van der Waals surface area contributed by atoms with Gasteiger partial charge in [0.1, 0.15) is 11.5 Å². The summed E-state index contributed by atoms with van der Waals surface area (Å²) < 4.78 is 0. The van der Waals surface area contributed by atoms with Crippen molar-refractivity contribution in [3.05, 3.63) is 47.7 Å². The Balaban J connectivity index is 1.73. The number of hydrogen-bond acceptors (Lipinski definition) is 4. The summed E-state index contributed by atoms with van der Waals surface area (Å²) in [6.45, 7) is 6.35.